The highest BCUT2D eigenvalue weighted by Crippen LogP contribution is 2.37. The molecule has 2 heterocycles. The van der Waals surface area contributed by atoms with E-state index in [1.807, 2.05) is 48.5 Å². The number of anilines is 2. The summed E-state index contributed by atoms with van der Waals surface area (Å²) in [5.41, 5.74) is 5.89. The molecule has 2 aromatic heterocycles. The highest BCUT2D eigenvalue weighted by atomic mass is 127. The van der Waals surface area contributed by atoms with Crippen molar-refractivity contribution in [2.75, 3.05) is 5.32 Å². The van der Waals surface area contributed by atoms with Crippen molar-refractivity contribution in [1.82, 2.24) is 0 Å². The molecule has 0 aliphatic heterocycles. The van der Waals surface area contributed by atoms with Gasteiger partial charge in [-0.2, -0.15) is 4.57 Å². The van der Waals surface area contributed by atoms with Crippen LogP contribution in [-0.4, -0.2) is 0 Å². The number of hydrogen-bond donors (Lipinski definition) is 1. The van der Waals surface area contributed by atoms with Crippen molar-refractivity contribution in [2.45, 2.75) is 0 Å². The van der Waals surface area contributed by atoms with E-state index >= 15 is 0 Å². The van der Waals surface area contributed by atoms with Gasteiger partial charge in [0.15, 0.2) is 0 Å². The van der Waals surface area contributed by atoms with Gasteiger partial charge in [0.2, 0.25) is 11.1 Å². The lowest BCUT2D eigenvalue weighted by Gasteiger charge is -2.10. The molecule has 3 nitrogen and oxygen atoms in total. The van der Waals surface area contributed by atoms with Crippen LogP contribution in [0.2, 0.25) is 5.02 Å². The zero-order chi connectivity index (χ0) is 17.7. The molecule has 0 saturated heterocycles. The maximum Gasteiger partial charge on any atom is 0.261 e. The van der Waals surface area contributed by atoms with Crippen molar-refractivity contribution >= 4 is 55.9 Å². The average Bonchev–Trinajstić information content (AvgIpc) is 3.06. The van der Waals surface area contributed by atoms with Crippen molar-refractivity contribution in [3.8, 4) is 0 Å². The first-order chi connectivity index (χ1) is 12.7. The third-order valence-corrected chi connectivity index (χ3v) is 5.03. The zero-order valence-corrected chi connectivity index (χ0v) is 17.5. The first-order valence-electron chi connectivity index (χ1n) is 8.47. The third kappa shape index (κ3) is 2.93. The van der Waals surface area contributed by atoms with Crippen molar-refractivity contribution in [2.24, 2.45) is 7.05 Å². The summed E-state index contributed by atoms with van der Waals surface area (Å²) in [6.45, 7) is 0. The number of pyridine rings is 1. The van der Waals surface area contributed by atoms with Crippen molar-refractivity contribution in [3.63, 3.8) is 0 Å². The molecule has 0 saturated carbocycles. The summed E-state index contributed by atoms with van der Waals surface area (Å²) < 4.78 is 8.46. The minimum atomic E-state index is 0. The standard InChI is InChI=1S/C22H15ClN2O.HI/c1-25-18-8-4-2-6-16(18)20(24-15-12-10-14(23)11-13-15)22-21(25)17-7-3-5-9-19(17)26-22;/h2-13H,1H3;1H. The van der Waals surface area contributed by atoms with Crippen molar-refractivity contribution in [3.05, 3.63) is 77.8 Å². The zero-order valence-electron chi connectivity index (χ0n) is 14.5. The van der Waals surface area contributed by atoms with Crippen LogP contribution in [0.25, 0.3) is 33.0 Å². The second-order valence-corrected chi connectivity index (χ2v) is 6.80. The molecule has 0 radical (unpaired) electrons. The molecule has 0 unspecified atom stereocenters. The summed E-state index contributed by atoms with van der Waals surface area (Å²) in [6, 6.07) is 24.2. The van der Waals surface area contributed by atoms with E-state index in [2.05, 4.69) is 41.2 Å². The number of furan rings is 1. The molecule has 0 fully saturated rings. The minimum absolute atomic E-state index is 0. The Balaban J connectivity index is 0.00000180. The molecule has 0 aliphatic carbocycles. The van der Waals surface area contributed by atoms with Gasteiger partial charge < -0.3 is 33.7 Å². The van der Waals surface area contributed by atoms with Crippen LogP contribution in [0.3, 0.4) is 0 Å². The van der Waals surface area contributed by atoms with Gasteiger partial charge in [0, 0.05) is 16.8 Å². The fraction of sp³-hybridized carbons (Fsp3) is 0.0455. The number of rotatable bonds is 2. The molecule has 5 aromatic rings. The number of fused-ring (bicyclic) bond motifs is 4. The Morgan fingerprint density at radius 2 is 1.52 bits per heavy atom. The fourth-order valence-corrected chi connectivity index (χ4v) is 3.68. The monoisotopic (exact) mass is 486 g/mol. The van der Waals surface area contributed by atoms with Crippen LogP contribution in [0.4, 0.5) is 11.4 Å². The summed E-state index contributed by atoms with van der Waals surface area (Å²) in [7, 11) is 2.08. The summed E-state index contributed by atoms with van der Waals surface area (Å²) >= 11 is 6.03. The second-order valence-electron chi connectivity index (χ2n) is 6.36. The summed E-state index contributed by atoms with van der Waals surface area (Å²) in [4.78, 5) is 0. The average molecular weight is 487 g/mol. The number of aryl methyl sites for hydroxylation is 1. The molecule has 0 atom stereocenters. The van der Waals surface area contributed by atoms with E-state index in [9.17, 15) is 0 Å². The molecule has 1 N–H and O–H groups in total. The lowest BCUT2D eigenvalue weighted by atomic mass is 10.1. The lowest BCUT2D eigenvalue weighted by Crippen LogP contribution is -3.00. The molecule has 134 valence electrons. The molecular weight excluding hydrogens is 471 g/mol. The molecule has 5 heteroatoms. The Kier molecular flexibility index (Phi) is 4.70. The van der Waals surface area contributed by atoms with Gasteiger partial charge in [-0.15, -0.1) is 0 Å². The van der Waals surface area contributed by atoms with Crippen LogP contribution < -0.4 is 33.9 Å². The number of aromatic nitrogens is 1. The maximum atomic E-state index is 6.26. The molecule has 5 rings (SSSR count). The van der Waals surface area contributed by atoms with E-state index in [0.29, 0.717) is 5.02 Å². The Labute approximate surface area is 178 Å². The summed E-state index contributed by atoms with van der Waals surface area (Å²) in [5, 5.41) is 6.47. The predicted octanol–water partition coefficient (Wildman–Crippen LogP) is 2.96. The van der Waals surface area contributed by atoms with Gasteiger partial charge in [-0.1, -0.05) is 35.9 Å². The highest BCUT2D eigenvalue weighted by Gasteiger charge is 2.24. The van der Waals surface area contributed by atoms with Crippen molar-refractivity contribution < 1.29 is 33.0 Å². The van der Waals surface area contributed by atoms with E-state index in [1.165, 1.54) is 0 Å². The number of para-hydroxylation sites is 2. The van der Waals surface area contributed by atoms with Crippen LogP contribution in [0.15, 0.2) is 77.2 Å². The first kappa shape index (κ1) is 18.1. The summed E-state index contributed by atoms with van der Waals surface area (Å²) in [6.07, 6.45) is 0. The van der Waals surface area contributed by atoms with Gasteiger partial charge in [-0.05, 0) is 42.5 Å². The predicted molar refractivity (Wildman–Crippen MR) is 107 cm³/mol. The van der Waals surface area contributed by atoms with E-state index in [0.717, 1.165) is 44.3 Å². The number of halogens is 2. The number of nitrogens with one attached hydrogen (secondary N) is 1. The van der Waals surface area contributed by atoms with Crippen molar-refractivity contribution in [1.29, 1.82) is 0 Å². The topological polar surface area (TPSA) is 29.1 Å². The highest BCUT2D eigenvalue weighted by molar-refractivity contribution is 6.30. The van der Waals surface area contributed by atoms with Gasteiger partial charge in [-0.3, -0.25) is 0 Å². The smallest absolute Gasteiger partial charge is 0.261 e. The van der Waals surface area contributed by atoms with Crippen LogP contribution in [0.5, 0.6) is 0 Å². The van der Waals surface area contributed by atoms with E-state index in [4.69, 9.17) is 16.0 Å². The Morgan fingerprint density at radius 1 is 0.852 bits per heavy atom. The molecule has 0 aliphatic rings. The van der Waals surface area contributed by atoms with Crippen LogP contribution in [0.1, 0.15) is 0 Å². The molecule has 0 bridgehead atoms. The lowest BCUT2D eigenvalue weighted by molar-refractivity contribution is -0.616. The normalized spacial score (nSPS) is 11.0. The minimum Gasteiger partial charge on any atom is -1.00 e. The van der Waals surface area contributed by atoms with Crippen LogP contribution >= 0.6 is 11.6 Å². The summed E-state index contributed by atoms with van der Waals surface area (Å²) in [5.74, 6) is 0. The number of nitrogens with zero attached hydrogens (tertiary/aromatic N) is 1. The Morgan fingerprint density at radius 3 is 2.30 bits per heavy atom. The van der Waals surface area contributed by atoms with Gasteiger partial charge in [-0.25, -0.2) is 0 Å². The quantitative estimate of drug-likeness (QED) is 0.307. The molecule has 0 amide bonds. The van der Waals surface area contributed by atoms with Crippen LogP contribution in [0, 0.1) is 0 Å². The molecule has 0 spiro atoms. The van der Waals surface area contributed by atoms with E-state index in [-0.39, 0.29) is 24.0 Å². The molecule has 3 aromatic carbocycles. The first-order valence-corrected chi connectivity index (χ1v) is 8.85. The van der Waals surface area contributed by atoms with Gasteiger partial charge >= 0.3 is 0 Å². The number of benzene rings is 3. The second kappa shape index (κ2) is 7.02. The third-order valence-electron chi connectivity index (χ3n) is 4.78. The Bertz CT molecular complexity index is 1280. The van der Waals surface area contributed by atoms with Crippen LogP contribution in [-0.2, 0) is 7.05 Å². The maximum absolute atomic E-state index is 6.26. The van der Waals surface area contributed by atoms with Gasteiger partial charge in [0.1, 0.15) is 18.3 Å². The fourth-order valence-electron chi connectivity index (χ4n) is 3.56. The largest absolute Gasteiger partial charge is 1.00 e. The van der Waals surface area contributed by atoms with E-state index < -0.39 is 0 Å². The molecule has 27 heavy (non-hydrogen) atoms. The Hall–Kier alpha value is -2.31. The van der Waals surface area contributed by atoms with Gasteiger partial charge in [0.05, 0.1) is 10.8 Å². The number of hydrogen-bond acceptors (Lipinski definition) is 2. The molecular formula is C22H16ClIN2O. The van der Waals surface area contributed by atoms with E-state index in [1.54, 1.807) is 0 Å². The van der Waals surface area contributed by atoms with Gasteiger partial charge in [0.25, 0.3) is 5.52 Å². The SMILES string of the molecule is C[n+]1c2ccccc2c(Nc2ccc(Cl)cc2)c2oc3ccccc3c21.[I-].